The van der Waals surface area contributed by atoms with E-state index in [1.54, 1.807) is 0 Å². The fourth-order valence-corrected chi connectivity index (χ4v) is 3.09. The summed E-state index contributed by atoms with van der Waals surface area (Å²) in [5.74, 6) is 1.45. The Labute approximate surface area is 157 Å². The van der Waals surface area contributed by atoms with Crippen molar-refractivity contribution in [3.8, 4) is 0 Å². The molecule has 4 nitrogen and oxygen atoms in total. The van der Waals surface area contributed by atoms with Crippen LogP contribution in [0.5, 0.6) is 0 Å². The van der Waals surface area contributed by atoms with Gasteiger partial charge in [-0.25, -0.2) is 0 Å². The van der Waals surface area contributed by atoms with Crippen molar-refractivity contribution in [3.63, 3.8) is 0 Å². The number of hydrogen-bond acceptors (Lipinski definition) is 2. The van der Waals surface area contributed by atoms with E-state index in [0.29, 0.717) is 5.92 Å². The Kier molecular flexibility index (Phi) is 9.55. The largest absolute Gasteiger partial charge is 0.396 e. The van der Waals surface area contributed by atoms with Crippen LogP contribution in [0, 0.1) is 5.92 Å². The molecule has 0 radical (unpaired) electrons. The minimum absolute atomic E-state index is 0. The smallest absolute Gasteiger partial charge is 0.198 e. The summed E-state index contributed by atoms with van der Waals surface area (Å²) in [4.78, 5) is 7.14. The Hall–Kier alpha value is -0.820. The van der Waals surface area contributed by atoms with Crippen LogP contribution in [0.15, 0.2) is 29.3 Å². The van der Waals surface area contributed by atoms with Crippen molar-refractivity contribution in [2.24, 2.45) is 10.9 Å². The van der Waals surface area contributed by atoms with Crippen LogP contribution in [0.4, 0.5) is 5.69 Å². The topological polar surface area (TPSA) is 47.9 Å². The first-order valence-corrected chi connectivity index (χ1v) is 8.54. The van der Waals surface area contributed by atoms with Crippen molar-refractivity contribution in [3.05, 3.63) is 29.8 Å². The highest BCUT2D eigenvalue weighted by molar-refractivity contribution is 14.0. The number of rotatable bonds is 7. The predicted molar refractivity (Wildman–Crippen MR) is 109 cm³/mol. The van der Waals surface area contributed by atoms with Gasteiger partial charge in [0.2, 0.25) is 0 Å². The number of nitrogens with one attached hydrogen (secondary N) is 1. The van der Waals surface area contributed by atoms with Gasteiger partial charge in [0.15, 0.2) is 5.96 Å². The standard InChI is InChI=1S/C18H29N3O.HI/c1-3-7-15(11-13-22)14-20-18(19-4-2)21-12-10-16-8-5-6-9-17(16)21;/h5-6,8-9,15,22H,3-4,7,10-14H2,1-2H3,(H,19,20);1H. The Balaban J connectivity index is 0.00000264. The molecule has 1 aromatic carbocycles. The van der Waals surface area contributed by atoms with Gasteiger partial charge in [0, 0.05) is 31.9 Å². The molecule has 1 atom stereocenters. The molecule has 0 amide bonds. The summed E-state index contributed by atoms with van der Waals surface area (Å²) < 4.78 is 0. The molecule has 23 heavy (non-hydrogen) atoms. The molecule has 0 saturated heterocycles. The van der Waals surface area contributed by atoms with Gasteiger partial charge < -0.3 is 15.3 Å². The number of nitrogens with zero attached hydrogens (tertiary/aromatic N) is 2. The van der Waals surface area contributed by atoms with Crippen LogP contribution in [0.3, 0.4) is 0 Å². The van der Waals surface area contributed by atoms with E-state index in [2.05, 4.69) is 48.3 Å². The summed E-state index contributed by atoms with van der Waals surface area (Å²) in [5, 5.41) is 12.6. The second kappa shape index (κ2) is 10.9. The van der Waals surface area contributed by atoms with Crippen molar-refractivity contribution in [2.45, 2.75) is 39.5 Å². The number of hydrogen-bond donors (Lipinski definition) is 2. The number of aliphatic hydroxyl groups excluding tert-OH is 1. The molecule has 0 fully saturated rings. The molecular weight excluding hydrogens is 401 g/mol. The Morgan fingerprint density at radius 3 is 2.78 bits per heavy atom. The molecule has 0 spiro atoms. The summed E-state index contributed by atoms with van der Waals surface area (Å²) in [5.41, 5.74) is 2.67. The van der Waals surface area contributed by atoms with E-state index in [-0.39, 0.29) is 30.6 Å². The van der Waals surface area contributed by atoms with Crippen LogP contribution < -0.4 is 10.2 Å². The summed E-state index contributed by atoms with van der Waals surface area (Å²) in [6.07, 6.45) is 4.19. The first kappa shape index (κ1) is 20.2. The maximum Gasteiger partial charge on any atom is 0.198 e. The third-order valence-electron chi connectivity index (χ3n) is 4.21. The quantitative estimate of drug-likeness (QED) is 0.395. The number of aliphatic imine (C=N–C) groups is 1. The van der Waals surface area contributed by atoms with E-state index in [0.717, 1.165) is 51.3 Å². The van der Waals surface area contributed by atoms with Crippen molar-refractivity contribution >= 4 is 35.6 Å². The Morgan fingerprint density at radius 1 is 1.30 bits per heavy atom. The Morgan fingerprint density at radius 2 is 2.09 bits per heavy atom. The van der Waals surface area contributed by atoms with Crippen LogP contribution in [-0.4, -0.2) is 37.3 Å². The maximum atomic E-state index is 9.20. The van der Waals surface area contributed by atoms with Crippen molar-refractivity contribution < 1.29 is 5.11 Å². The highest BCUT2D eigenvalue weighted by Gasteiger charge is 2.22. The highest BCUT2D eigenvalue weighted by atomic mass is 127. The van der Waals surface area contributed by atoms with Gasteiger partial charge in [-0.3, -0.25) is 4.99 Å². The third-order valence-corrected chi connectivity index (χ3v) is 4.21. The lowest BCUT2D eigenvalue weighted by Crippen LogP contribution is -2.41. The van der Waals surface area contributed by atoms with E-state index >= 15 is 0 Å². The van der Waals surface area contributed by atoms with Crippen LogP contribution in [0.25, 0.3) is 0 Å². The van der Waals surface area contributed by atoms with E-state index in [4.69, 9.17) is 4.99 Å². The molecule has 130 valence electrons. The SMILES string of the molecule is CCCC(CCO)CN=C(NCC)N1CCc2ccccc21.I. The van der Waals surface area contributed by atoms with Gasteiger partial charge in [-0.2, -0.15) is 0 Å². The first-order valence-electron chi connectivity index (χ1n) is 8.54. The number of halogens is 1. The fraction of sp³-hybridized carbons (Fsp3) is 0.611. The minimum Gasteiger partial charge on any atom is -0.396 e. The third kappa shape index (κ3) is 5.64. The van der Waals surface area contributed by atoms with Crippen LogP contribution in [0.2, 0.25) is 0 Å². The molecule has 1 unspecified atom stereocenters. The molecule has 1 heterocycles. The predicted octanol–water partition coefficient (Wildman–Crippen LogP) is 3.43. The second-order valence-electron chi connectivity index (χ2n) is 5.89. The molecule has 5 heteroatoms. The van der Waals surface area contributed by atoms with Gasteiger partial charge in [-0.05, 0) is 43.7 Å². The number of para-hydroxylation sites is 1. The molecule has 2 rings (SSSR count). The monoisotopic (exact) mass is 431 g/mol. The van der Waals surface area contributed by atoms with Gasteiger partial charge in [-0.15, -0.1) is 24.0 Å². The van der Waals surface area contributed by atoms with Crippen LogP contribution in [0.1, 0.15) is 38.7 Å². The van der Waals surface area contributed by atoms with Crippen molar-refractivity contribution in [1.82, 2.24) is 5.32 Å². The number of fused-ring (bicyclic) bond motifs is 1. The van der Waals surface area contributed by atoms with Gasteiger partial charge in [0.05, 0.1) is 0 Å². The van der Waals surface area contributed by atoms with E-state index < -0.39 is 0 Å². The lowest BCUT2D eigenvalue weighted by Gasteiger charge is -2.23. The zero-order valence-corrected chi connectivity index (χ0v) is 16.6. The molecule has 0 saturated carbocycles. The van der Waals surface area contributed by atoms with E-state index in [1.165, 1.54) is 11.3 Å². The molecule has 1 aliphatic rings. The molecule has 1 aromatic rings. The summed E-state index contributed by atoms with van der Waals surface area (Å²) in [7, 11) is 0. The highest BCUT2D eigenvalue weighted by Crippen LogP contribution is 2.27. The first-order chi connectivity index (χ1) is 10.8. The summed E-state index contributed by atoms with van der Waals surface area (Å²) >= 11 is 0. The number of benzene rings is 1. The molecule has 0 bridgehead atoms. The zero-order chi connectivity index (χ0) is 15.8. The van der Waals surface area contributed by atoms with E-state index in [9.17, 15) is 5.11 Å². The molecule has 0 aromatic heterocycles. The molecular formula is C18H30IN3O. The zero-order valence-electron chi connectivity index (χ0n) is 14.3. The summed E-state index contributed by atoms with van der Waals surface area (Å²) in [6.45, 7) is 7.20. The maximum absolute atomic E-state index is 9.20. The normalized spacial score (nSPS) is 15.1. The molecule has 0 aliphatic carbocycles. The Bertz CT molecular complexity index is 487. The van der Waals surface area contributed by atoms with Crippen molar-refractivity contribution in [2.75, 3.05) is 31.1 Å². The molecule has 2 N–H and O–H groups in total. The van der Waals surface area contributed by atoms with Crippen LogP contribution >= 0.6 is 24.0 Å². The average Bonchev–Trinajstić information content (AvgIpc) is 2.95. The lowest BCUT2D eigenvalue weighted by atomic mass is 10.0. The number of guanidine groups is 1. The average molecular weight is 431 g/mol. The number of anilines is 1. The fourth-order valence-electron chi connectivity index (χ4n) is 3.09. The van der Waals surface area contributed by atoms with Gasteiger partial charge >= 0.3 is 0 Å². The van der Waals surface area contributed by atoms with Crippen LogP contribution in [-0.2, 0) is 6.42 Å². The summed E-state index contributed by atoms with van der Waals surface area (Å²) in [6, 6.07) is 8.56. The van der Waals surface area contributed by atoms with E-state index in [1.807, 2.05) is 0 Å². The second-order valence-corrected chi connectivity index (χ2v) is 5.89. The van der Waals surface area contributed by atoms with Gasteiger partial charge in [-0.1, -0.05) is 31.5 Å². The number of aliphatic hydroxyl groups is 1. The van der Waals surface area contributed by atoms with Crippen molar-refractivity contribution in [1.29, 1.82) is 0 Å². The lowest BCUT2D eigenvalue weighted by molar-refractivity contribution is 0.253. The van der Waals surface area contributed by atoms with Gasteiger partial charge in [0.25, 0.3) is 0 Å². The molecule has 1 aliphatic heterocycles. The minimum atomic E-state index is 0. The van der Waals surface area contributed by atoms with Gasteiger partial charge in [0.1, 0.15) is 0 Å².